The van der Waals surface area contributed by atoms with E-state index in [4.69, 9.17) is 9.90 Å². The Balaban J connectivity index is 0.000000344. The number of halogens is 3. The quantitative estimate of drug-likeness (QED) is 0.588. The number of aliphatic carboxylic acids is 1. The fourth-order valence-corrected chi connectivity index (χ4v) is 4.48. The van der Waals surface area contributed by atoms with Crippen LogP contribution in [0.25, 0.3) is 11.5 Å². The van der Waals surface area contributed by atoms with Gasteiger partial charge in [0.2, 0.25) is 0 Å². The summed E-state index contributed by atoms with van der Waals surface area (Å²) in [4.78, 5) is 28.6. The number of rotatable bonds is 3. The van der Waals surface area contributed by atoms with E-state index in [1.54, 1.807) is 10.8 Å². The van der Waals surface area contributed by atoms with Crippen molar-refractivity contribution < 1.29 is 23.1 Å². The number of hydrogen-bond acceptors (Lipinski definition) is 7. The molecule has 0 radical (unpaired) electrons. The van der Waals surface area contributed by atoms with Gasteiger partial charge in [0.15, 0.2) is 11.5 Å². The molecule has 0 aromatic carbocycles. The number of aromatic nitrogens is 7. The number of imidazole rings is 1. The van der Waals surface area contributed by atoms with Crippen molar-refractivity contribution >= 4 is 5.97 Å². The Morgan fingerprint density at radius 1 is 1.21 bits per heavy atom. The van der Waals surface area contributed by atoms with Crippen LogP contribution in [0.2, 0.25) is 0 Å². The Morgan fingerprint density at radius 2 is 1.91 bits per heavy atom. The Bertz CT molecular complexity index is 1260. The van der Waals surface area contributed by atoms with Gasteiger partial charge in [-0.3, -0.25) is 18.9 Å². The second kappa shape index (κ2) is 8.66. The third-order valence-electron chi connectivity index (χ3n) is 6.11. The highest BCUT2D eigenvalue weighted by Gasteiger charge is 2.47. The van der Waals surface area contributed by atoms with Crippen LogP contribution in [0.1, 0.15) is 24.2 Å². The molecule has 1 saturated heterocycles. The van der Waals surface area contributed by atoms with Crippen molar-refractivity contribution in [1.29, 1.82) is 0 Å². The molecule has 1 fully saturated rings. The minimum Gasteiger partial charge on any atom is -0.475 e. The topological polar surface area (TPSA) is 124 Å². The minimum absolute atomic E-state index is 0.0749. The minimum atomic E-state index is -5.08. The zero-order valence-corrected chi connectivity index (χ0v) is 18.5. The number of aryl methyl sites for hydroxylation is 2. The maximum atomic E-state index is 13.0. The summed E-state index contributed by atoms with van der Waals surface area (Å²) in [5, 5.41) is 20.2. The molecule has 34 heavy (non-hydrogen) atoms. The molecular weight excluding hydrogens is 457 g/mol. The van der Waals surface area contributed by atoms with Crippen molar-refractivity contribution in [3.8, 4) is 11.5 Å². The van der Waals surface area contributed by atoms with Crippen LogP contribution in [-0.2, 0) is 37.4 Å². The van der Waals surface area contributed by atoms with E-state index in [1.807, 2.05) is 35.7 Å². The van der Waals surface area contributed by atoms with Crippen LogP contribution in [0.4, 0.5) is 13.2 Å². The van der Waals surface area contributed by atoms with Gasteiger partial charge in [-0.1, -0.05) is 0 Å². The molecular formula is C20H23F3N8O3. The van der Waals surface area contributed by atoms with Gasteiger partial charge < -0.3 is 9.67 Å². The van der Waals surface area contributed by atoms with Crippen molar-refractivity contribution in [2.45, 2.75) is 37.5 Å². The van der Waals surface area contributed by atoms with Crippen molar-refractivity contribution in [3.63, 3.8) is 0 Å². The summed E-state index contributed by atoms with van der Waals surface area (Å²) in [6.07, 6.45) is 4.30. The van der Waals surface area contributed by atoms with Crippen molar-refractivity contribution in [3.05, 3.63) is 46.5 Å². The van der Waals surface area contributed by atoms with Crippen LogP contribution in [0.15, 0.2) is 29.6 Å². The average Bonchev–Trinajstić information content (AvgIpc) is 3.54. The predicted molar refractivity (Wildman–Crippen MR) is 112 cm³/mol. The van der Waals surface area contributed by atoms with Gasteiger partial charge >= 0.3 is 12.1 Å². The highest BCUT2D eigenvalue weighted by atomic mass is 19.4. The van der Waals surface area contributed by atoms with E-state index >= 15 is 0 Å². The fraction of sp³-hybridized carbons (Fsp3) is 0.500. The molecule has 11 nitrogen and oxygen atoms in total. The SMILES string of the molecule is Cn1cc(CN2CCC3(CCn4c3nnc(-c3nccn3C)c4=O)C2)cn1.O=C(O)C(F)(F)F. The number of hydrogen-bond donors (Lipinski definition) is 1. The first-order valence-electron chi connectivity index (χ1n) is 10.5. The van der Waals surface area contributed by atoms with E-state index in [0.717, 1.165) is 38.3 Å². The van der Waals surface area contributed by atoms with Crippen LogP contribution in [0.3, 0.4) is 0 Å². The smallest absolute Gasteiger partial charge is 0.475 e. The predicted octanol–water partition coefficient (Wildman–Crippen LogP) is 0.953. The molecule has 0 amide bonds. The molecule has 0 saturated carbocycles. The number of carboxylic acid groups (broad SMARTS) is 1. The first-order valence-corrected chi connectivity index (χ1v) is 10.5. The number of alkyl halides is 3. The first-order chi connectivity index (χ1) is 16.0. The zero-order valence-electron chi connectivity index (χ0n) is 18.5. The maximum Gasteiger partial charge on any atom is 0.490 e. The van der Waals surface area contributed by atoms with E-state index in [0.29, 0.717) is 18.1 Å². The second-order valence-electron chi connectivity index (χ2n) is 8.51. The first kappa shape index (κ1) is 23.6. The standard InChI is InChI=1S/C18H22N8O.C2HF3O2/c1-23-8-5-19-15(23)14-16(27)26-7-4-18(17(26)22-21-14)3-6-25(12-18)11-13-9-20-24(2)10-13;3-2(4,5)1(6)7/h5,8-10H,3-4,6-7,11-12H2,1-2H3;(H,6,7). The molecule has 3 aromatic heterocycles. The summed E-state index contributed by atoms with van der Waals surface area (Å²) in [5.74, 6) is -1.36. The van der Waals surface area contributed by atoms with Gasteiger partial charge in [-0.05, 0) is 19.4 Å². The van der Waals surface area contributed by atoms with E-state index < -0.39 is 12.1 Å². The molecule has 5 rings (SSSR count). The van der Waals surface area contributed by atoms with Crippen LogP contribution < -0.4 is 5.56 Å². The molecule has 14 heteroatoms. The highest BCUT2D eigenvalue weighted by molar-refractivity contribution is 5.73. The lowest BCUT2D eigenvalue weighted by Crippen LogP contribution is -2.33. The normalized spacial score (nSPS) is 19.8. The summed E-state index contributed by atoms with van der Waals surface area (Å²) < 4.78 is 37.2. The molecule has 0 aliphatic carbocycles. The Hall–Kier alpha value is -3.55. The van der Waals surface area contributed by atoms with Gasteiger partial charge in [-0.2, -0.15) is 18.3 Å². The molecule has 2 aliphatic rings. The van der Waals surface area contributed by atoms with E-state index in [1.165, 1.54) is 5.56 Å². The van der Waals surface area contributed by atoms with Gasteiger partial charge in [0.05, 0.1) is 6.20 Å². The molecule has 1 N–H and O–H groups in total. The third-order valence-corrected chi connectivity index (χ3v) is 6.11. The molecule has 0 bridgehead atoms. The van der Waals surface area contributed by atoms with Gasteiger partial charge in [0.1, 0.15) is 5.82 Å². The van der Waals surface area contributed by atoms with Gasteiger partial charge in [-0.25, -0.2) is 9.78 Å². The van der Waals surface area contributed by atoms with Crippen LogP contribution >= 0.6 is 0 Å². The lowest BCUT2D eigenvalue weighted by atomic mass is 9.85. The second-order valence-corrected chi connectivity index (χ2v) is 8.51. The van der Waals surface area contributed by atoms with E-state index in [-0.39, 0.29) is 11.0 Å². The van der Waals surface area contributed by atoms with Crippen LogP contribution in [0.5, 0.6) is 0 Å². The summed E-state index contributed by atoms with van der Waals surface area (Å²) in [6, 6.07) is 0. The molecule has 3 aromatic rings. The summed E-state index contributed by atoms with van der Waals surface area (Å²) in [6.45, 7) is 3.46. The Morgan fingerprint density at radius 3 is 2.50 bits per heavy atom. The lowest BCUT2D eigenvalue weighted by Gasteiger charge is -2.22. The molecule has 2 aliphatic heterocycles. The number of likely N-dealkylation sites (tertiary alicyclic amines) is 1. The van der Waals surface area contributed by atoms with Crippen LogP contribution in [0, 0.1) is 0 Å². The Labute approximate surface area is 191 Å². The van der Waals surface area contributed by atoms with Crippen molar-refractivity contribution in [2.75, 3.05) is 13.1 Å². The molecule has 5 heterocycles. The molecule has 1 unspecified atom stereocenters. The highest BCUT2D eigenvalue weighted by Crippen LogP contribution is 2.41. The largest absolute Gasteiger partial charge is 0.490 e. The van der Waals surface area contributed by atoms with Gasteiger partial charge in [-0.15, -0.1) is 10.2 Å². The van der Waals surface area contributed by atoms with Gasteiger partial charge in [0, 0.05) is 63.3 Å². The third kappa shape index (κ3) is 4.44. The van der Waals surface area contributed by atoms with Crippen LogP contribution in [-0.4, -0.2) is 69.3 Å². The van der Waals surface area contributed by atoms with E-state index in [2.05, 4.69) is 31.4 Å². The van der Waals surface area contributed by atoms with Crippen molar-refractivity contribution in [2.24, 2.45) is 14.1 Å². The molecule has 1 atom stereocenters. The number of fused-ring (bicyclic) bond motifs is 2. The maximum absolute atomic E-state index is 13.0. The zero-order chi connectivity index (χ0) is 24.7. The average molecular weight is 480 g/mol. The molecule has 1 spiro atoms. The molecule has 182 valence electrons. The van der Waals surface area contributed by atoms with Crippen molar-refractivity contribution in [1.82, 2.24) is 39.0 Å². The lowest BCUT2D eigenvalue weighted by molar-refractivity contribution is -0.192. The monoisotopic (exact) mass is 480 g/mol. The fourth-order valence-electron chi connectivity index (χ4n) is 4.48. The van der Waals surface area contributed by atoms with Gasteiger partial charge in [0.25, 0.3) is 5.56 Å². The number of carbonyl (C=O) groups is 1. The summed E-state index contributed by atoms with van der Waals surface area (Å²) in [7, 11) is 3.79. The summed E-state index contributed by atoms with van der Waals surface area (Å²) >= 11 is 0. The summed E-state index contributed by atoms with van der Waals surface area (Å²) in [5.41, 5.74) is 1.38. The number of carboxylic acids is 1. The van der Waals surface area contributed by atoms with E-state index in [9.17, 15) is 18.0 Å². The Kier molecular flexibility index (Phi) is 6.02. The number of nitrogens with zero attached hydrogens (tertiary/aromatic N) is 8.